The van der Waals surface area contributed by atoms with Gasteiger partial charge in [-0.05, 0) is 44.5 Å². The fourth-order valence-electron chi connectivity index (χ4n) is 3.43. The number of carboxylic acid groups (broad SMARTS) is 1. The number of aromatic carboxylic acids is 1. The molecule has 3 rings (SSSR count). The number of carboxylic acids is 1. The van der Waals surface area contributed by atoms with Crippen molar-refractivity contribution in [1.82, 2.24) is 9.88 Å². The molecule has 6 heteroatoms. The molecule has 23 heavy (non-hydrogen) atoms. The van der Waals surface area contributed by atoms with Crippen LogP contribution in [0.1, 0.15) is 35.8 Å². The third kappa shape index (κ3) is 2.59. The highest BCUT2D eigenvalue weighted by Gasteiger charge is 2.40. The SMILES string of the molecule is COC(=O)CN1CCCC1(C)c1cc2c(C(=O)O)cccc2[nH]1. The first kappa shape index (κ1) is 15.6. The van der Waals surface area contributed by atoms with Crippen LogP contribution in [0.15, 0.2) is 24.3 Å². The lowest BCUT2D eigenvalue weighted by molar-refractivity contribution is -0.143. The van der Waals surface area contributed by atoms with Crippen LogP contribution >= 0.6 is 0 Å². The number of H-pyrrole nitrogens is 1. The molecule has 1 aliphatic rings. The van der Waals surface area contributed by atoms with Crippen molar-refractivity contribution in [3.63, 3.8) is 0 Å². The number of hydrogen-bond donors (Lipinski definition) is 2. The van der Waals surface area contributed by atoms with Crippen LogP contribution in [0, 0.1) is 0 Å². The van der Waals surface area contributed by atoms with Gasteiger partial charge in [-0.25, -0.2) is 4.79 Å². The predicted molar refractivity (Wildman–Crippen MR) is 85.4 cm³/mol. The number of rotatable bonds is 4. The number of carbonyl (C=O) groups excluding carboxylic acids is 1. The number of nitrogens with zero attached hydrogens (tertiary/aromatic N) is 1. The van der Waals surface area contributed by atoms with E-state index in [1.807, 2.05) is 12.1 Å². The van der Waals surface area contributed by atoms with Gasteiger partial charge in [-0.15, -0.1) is 0 Å². The highest BCUT2D eigenvalue weighted by Crippen LogP contribution is 2.39. The second-order valence-electron chi connectivity index (χ2n) is 6.13. The molecule has 1 atom stereocenters. The molecule has 0 bridgehead atoms. The summed E-state index contributed by atoms with van der Waals surface area (Å²) in [6.45, 7) is 3.12. The van der Waals surface area contributed by atoms with Gasteiger partial charge < -0.3 is 14.8 Å². The summed E-state index contributed by atoms with van der Waals surface area (Å²) in [5.41, 5.74) is 1.68. The molecule has 1 aromatic heterocycles. The van der Waals surface area contributed by atoms with Gasteiger partial charge in [-0.3, -0.25) is 9.69 Å². The minimum absolute atomic E-state index is 0.230. The predicted octanol–water partition coefficient (Wildman–Crippen LogP) is 2.35. The van der Waals surface area contributed by atoms with E-state index in [4.69, 9.17) is 4.74 Å². The highest BCUT2D eigenvalue weighted by atomic mass is 16.5. The molecular formula is C17H20N2O4. The summed E-state index contributed by atoms with van der Waals surface area (Å²) in [6, 6.07) is 7.10. The van der Waals surface area contributed by atoms with Gasteiger partial charge in [0.25, 0.3) is 0 Å². The number of ether oxygens (including phenoxy) is 1. The minimum atomic E-state index is -0.941. The Morgan fingerprint density at radius 3 is 2.91 bits per heavy atom. The number of benzene rings is 1. The first-order valence-corrected chi connectivity index (χ1v) is 7.63. The first-order chi connectivity index (χ1) is 11.0. The van der Waals surface area contributed by atoms with Gasteiger partial charge in [-0.1, -0.05) is 6.07 Å². The molecule has 0 saturated carbocycles. The molecule has 0 amide bonds. The van der Waals surface area contributed by atoms with Crippen molar-refractivity contribution < 1.29 is 19.4 Å². The molecule has 1 aliphatic heterocycles. The number of carbonyl (C=O) groups is 2. The number of fused-ring (bicyclic) bond motifs is 1. The van der Waals surface area contributed by atoms with Crippen molar-refractivity contribution >= 4 is 22.8 Å². The summed E-state index contributed by atoms with van der Waals surface area (Å²) in [5, 5.41) is 10.0. The van der Waals surface area contributed by atoms with E-state index in [0.29, 0.717) is 5.39 Å². The number of hydrogen-bond acceptors (Lipinski definition) is 4. The van der Waals surface area contributed by atoms with Crippen molar-refractivity contribution in [2.24, 2.45) is 0 Å². The van der Waals surface area contributed by atoms with Crippen molar-refractivity contribution in [2.75, 3.05) is 20.2 Å². The topological polar surface area (TPSA) is 82.6 Å². The number of esters is 1. The Balaban J connectivity index is 2.03. The molecule has 2 heterocycles. The second-order valence-corrected chi connectivity index (χ2v) is 6.13. The van der Waals surface area contributed by atoms with Crippen LogP contribution in [-0.4, -0.2) is 47.1 Å². The largest absolute Gasteiger partial charge is 0.478 e. The number of methoxy groups -OCH3 is 1. The Morgan fingerprint density at radius 1 is 1.43 bits per heavy atom. The third-order valence-corrected chi connectivity index (χ3v) is 4.81. The van der Waals surface area contributed by atoms with Gasteiger partial charge in [0, 0.05) is 16.6 Å². The van der Waals surface area contributed by atoms with Crippen LogP contribution in [0.5, 0.6) is 0 Å². The number of likely N-dealkylation sites (tertiary alicyclic amines) is 1. The maximum atomic E-state index is 11.7. The summed E-state index contributed by atoms with van der Waals surface area (Å²) in [6.07, 6.45) is 1.88. The third-order valence-electron chi connectivity index (χ3n) is 4.81. The molecule has 122 valence electrons. The van der Waals surface area contributed by atoms with Crippen LogP contribution in [0.2, 0.25) is 0 Å². The summed E-state index contributed by atoms with van der Waals surface area (Å²) in [7, 11) is 1.39. The van der Waals surface area contributed by atoms with E-state index < -0.39 is 5.97 Å². The summed E-state index contributed by atoms with van der Waals surface area (Å²) < 4.78 is 4.78. The standard InChI is InChI=1S/C17H20N2O4/c1-17(7-4-8-19(17)10-15(20)23-2)14-9-12-11(16(21)22)5-3-6-13(12)18-14/h3,5-6,9,18H,4,7-8,10H2,1-2H3,(H,21,22). The van der Waals surface area contributed by atoms with E-state index in [1.54, 1.807) is 12.1 Å². The van der Waals surface area contributed by atoms with Gasteiger partial charge >= 0.3 is 11.9 Å². The van der Waals surface area contributed by atoms with E-state index in [1.165, 1.54) is 7.11 Å². The lowest BCUT2D eigenvalue weighted by Crippen LogP contribution is -2.42. The van der Waals surface area contributed by atoms with Crippen LogP contribution in [0.4, 0.5) is 0 Å². The Labute approximate surface area is 134 Å². The zero-order valence-corrected chi connectivity index (χ0v) is 13.3. The molecule has 0 radical (unpaired) electrons. The first-order valence-electron chi connectivity index (χ1n) is 7.63. The fraction of sp³-hybridized carbons (Fsp3) is 0.412. The minimum Gasteiger partial charge on any atom is -0.478 e. The van der Waals surface area contributed by atoms with Gasteiger partial charge in [0.2, 0.25) is 0 Å². The fourth-order valence-corrected chi connectivity index (χ4v) is 3.43. The summed E-state index contributed by atoms with van der Waals surface area (Å²) in [4.78, 5) is 28.5. The maximum Gasteiger partial charge on any atom is 0.336 e. The number of nitrogens with one attached hydrogen (secondary N) is 1. The van der Waals surface area contributed by atoms with E-state index in [-0.39, 0.29) is 23.6 Å². The Bertz CT molecular complexity index is 767. The molecule has 2 aromatic rings. The van der Waals surface area contributed by atoms with Crippen LogP contribution in [0.25, 0.3) is 10.9 Å². The van der Waals surface area contributed by atoms with Gasteiger partial charge in [0.15, 0.2) is 0 Å². The highest BCUT2D eigenvalue weighted by molar-refractivity contribution is 6.03. The van der Waals surface area contributed by atoms with Crippen LogP contribution in [0.3, 0.4) is 0 Å². The molecule has 1 unspecified atom stereocenters. The van der Waals surface area contributed by atoms with Crippen molar-refractivity contribution in [3.8, 4) is 0 Å². The lowest BCUT2D eigenvalue weighted by atomic mass is 9.94. The van der Waals surface area contributed by atoms with Gasteiger partial charge in [-0.2, -0.15) is 0 Å². The molecule has 0 aliphatic carbocycles. The van der Waals surface area contributed by atoms with Crippen LogP contribution in [-0.2, 0) is 15.1 Å². The average Bonchev–Trinajstić information content (AvgIpc) is 3.11. The average molecular weight is 316 g/mol. The quantitative estimate of drug-likeness (QED) is 0.846. The molecule has 6 nitrogen and oxygen atoms in total. The normalized spacial score (nSPS) is 21.7. The Hall–Kier alpha value is -2.34. The van der Waals surface area contributed by atoms with Gasteiger partial charge in [0.1, 0.15) is 0 Å². The lowest BCUT2D eigenvalue weighted by Gasteiger charge is -2.33. The molecule has 1 saturated heterocycles. The zero-order valence-electron chi connectivity index (χ0n) is 13.3. The van der Waals surface area contributed by atoms with Crippen LogP contribution < -0.4 is 0 Å². The van der Waals surface area contributed by atoms with E-state index in [0.717, 1.165) is 30.6 Å². The summed E-state index contributed by atoms with van der Waals surface area (Å²) >= 11 is 0. The van der Waals surface area contributed by atoms with Crippen molar-refractivity contribution in [1.29, 1.82) is 0 Å². The van der Waals surface area contributed by atoms with E-state index >= 15 is 0 Å². The molecule has 0 spiro atoms. The van der Waals surface area contributed by atoms with E-state index in [9.17, 15) is 14.7 Å². The van der Waals surface area contributed by atoms with Gasteiger partial charge in [0.05, 0.1) is 24.8 Å². The van der Waals surface area contributed by atoms with Crippen molar-refractivity contribution in [3.05, 3.63) is 35.5 Å². The Morgan fingerprint density at radius 2 is 2.22 bits per heavy atom. The Kier molecular flexibility index (Phi) is 3.85. The number of aromatic amines is 1. The number of aromatic nitrogens is 1. The molecule has 1 aromatic carbocycles. The maximum absolute atomic E-state index is 11.7. The second kappa shape index (κ2) is 5.70. The molecular weight excluding hydrogens is 296 g/mol. The zero-order chi connectivity index (χ0) is 16.6. The van der Waals surface area contributed by atoms with E-state index in [2.05, 4.69) is 16.8 Å². The molecule has 2 N–H and O–H groups in total. The summed E-state index contributed by atoms with van der Waals surface area (Å²) in [5.74, 6) is -1.20. The molecule has 1 fully saturated rings. The smallest absolute Gasteiger partial charge is 0.336 e. The monoisotopic (exact) mass is 316 g/mol. The van der Waals surface area contributed by atoms with Crippen molar-refractivity contribution in [2.45, 2.75) is 25.3 Å².